The highest BCUT2D eigenvalue weighted by Crippen LogP contribution is 2.34. The van der Waals surface area contributed by atoms with Crippen molar-refractivity contribution in [1.29, 1.82) is 0 Å². The van der Waals surface area contributed by atoms with Gasteiger partial charge >= 0.3 is 11.9 Å². The first-order valence-electron chi connectivity index (χ1n) is 9.49. The molecular formula is C21H16BrN3O6S. The van der Waals surface area contributed by atoms with Gasteiger partial charge in [-0.3, -0.25) is 19.5 Å². The van der Waals surface area contributed by atoms with Gasteiger partial charge < -0.3 is 9.15 Å². The smallest absolute Gasteiger partial charge is 0.433 e. The van der Waals surface area contributed by atoms with Crippen LogP contribution in [-0.2, 0) is 9.53 Å². The molecule has 0 amide bonds. The fourth-order valence-corrected chi connectivity index (χ4v) is 4.62. The van der Waals surface area contributed by atoms with E-state index in [-0.39, 0.29) is 23.5 Å². The van der Waals surface area contributed by atoms with Crippen LogP contribution in [0.3, 0.4) is 0 Å². The Kier molecular flexibility index (Phi) is 5.94. The van der Waals surface area contributed by atoms with Crippen LogP contribution in [0, 0.1) is 10.1 Å². The molecule has 9 nitrogen and oxygen atoms in total. The van der Waals surface area contributed by atoms with Gasteiger partial charge in [-0.25, -0.2) is 9.79 Å². The number of hydrogen-bond donors (Lipinski definition) is 0. The molecule has 0 radical (unpaired) electrons. The second-order valence-corrected chi connectivity index (χ2v) is 8.69. The standard InChI is InChI=1S/C21H16BrN3O6S/c1-3-30-20(27)17-11(2)24-19(26)15(10-12-4-6-13(22)7-5-12)32-21(24)23-18(17)14-8-9-16(31-14)25(28)29/h4-10,18H,3H2,1-2H3/b15-10-/t18-/m1/s1. The highest BCUT2D eigenvalue weighted by molar-refractivity contribution is 9.10. The Morgan fingerprint density at radius 2 is 2.06 bits per heavy atom. The van der Waals surface area contributed by atoms with Crippen molar-refractivity contribution in [2.45, 2.75) is 19.9 Å². The zero-order valence-corrected chi connectivity index (χ0v) is 19.3. The molecule has 0 saturated heterocycles. The van der Waals surface area contributed by atoms with Crippen molar-refractivity contribution in [3.05, 3.63) is 87.6 Å². The molecule has 3 heterocycles. The third kappa shape index (κ3) is 3.96. The maximum atomic E-state index is 13.1. The zero-order valence-electron chi connectivity index (χ0n) is 16.9. The number of aromatic nitrogens is 1. The summed E-state index contributed by atoms with van der Waals surface area (Å²) in [5.74, 6) is -1.01. The Bertz CT molecular complexity index is 1430. The summed E-state index contributed by atoms with van der Waals surface area (Å²) in [6.07, 6.45) is 1.74. The number of hydrogen-bond acceptors (Lipinski definition) is 8. The van der Waals surface area contributed by atoms with Gasteiger partial charge in [-0.1, -0.05) is 39.4 Å². The fraction of sp³-hybridized carbons (Fsp3) is 0.190. The van der Waals surface area contributed by atoms with Crippen molar-refractivity contribution in [2.24, 2.45) is 4.99 Å². The van der Waals surface area contributed by atoms with Gasteiger partial charge in [-0.15, -0.1) is 0 Å². The Hall–Kier alpha value is -3.31. The molecule has 0 fully saturated rings. The molecule has 2 aromatic heterocycles. The van der Waals surface area contributed by atoms with Crippen LogP contribution in [-0.4, -0.2) is 22.1 Å². The van der Waals surface area contributed by atoms with Gasteiger partial charge in [0.15, 0.2) is 4.80 Å². The Labute approximate surface area is 193 Å². The summed E-state index contributed by atoms with van der Waals surface area (Å²) in [5.41, 5.74) is 0.947. The molecule has 3 aromatic rings. The number of fused-ring (bicyclic) bond motifs is 1. The van der Waals surface area contributed by atoms with Crippen LogP contribution in [0.2, 0.25) is 0 Å². The van der Waals surface area contributed by atoms with E-state index in [1.54, 1.807) is 19.9 Å². The van der Waals surface area contributed by atoms with Crippen LogP contribution in [0.25, 0.3) is 11.8 Å². The third-order valence-corrected chi connectivity index (χ3v) is 6.28. The highest BCUT2D eigenvalue weighted by Gasteiger charge is 2.34. The van der Waals surface area contributed by atoms with Crippen LogP contribution >= 0.6 is 27.3 Å². The molecule has 0 spiro atoms. The lowest BCUT2D eigenvalue weighted by molar-refractivity contribution is -0.402. The quantitative estimate of drug-likeness (QED) is 0.291. The number of esters is 1. The minimum atomic E-state index is -0.971. The molecule has 0 N–H and O–H groups in total. The first kappa shape index (κ1) is 21.9. The zero-order chi connectivity index (χ0) is 23.0. The molecule has 1 atom stereocenters. The van der Waals surface area contributed by atoms with Gasteiger partial charge in [-0.2, -0.15) is 0 Å². The summed E-state index contributed by atoms with van der Waals surface area (Å²) in [6.45, 7) is 3.40. The van der Waals surface area contributed by atoms with Gasteiger partial charge in [0.2, 0.25) is 0 Å². The van der Waals surface area contributed by atoms with Crippen molar-refractivity contribution in [3.63, 3.8) is 0 Å². The number of ether oxygens (including phenoxy) is 1. The van der Waals surface area contributed by atoms with E-state index in [0.29, 0.717) is 15.0 Å². The topological polar surface area (TPSA) is 117 Å². The number of carbonyl (C=O) groups excluding carboxylic acids is 1. The van der Waals surface area contributed by atoms with E-state index in [1.807, 2.05) is 24.3 Å². The van der Waals surface area contributed by atoms with Gasteiger partial charge in [0.1, 0.15) is 16.7 Å². The summed E-state index contributed by atoms with van der Waals surface area (Å²) < 4.78 is 13.2. The summed E-state index contributed by atoms with van der Waals surface area (Å²) in [7, 11) is 0. The second-order valence-electron chi connectivity index (χ2n) is 6.77. The molecular weight excluding hydrogens is 502 g/mol. The number of nitro groups is 1. The molecule has 32 heavy (non-hydrogen) atoms. The fourth-order valence-electron chi connectivity index (χ4n) is 3.32. The summed E-state index contributed by atoms with van der Waals surface area (Å²) in [4.78, 5) is 41.1. The van der Waals surface area contributed by atoms with Crippen molar-refractivity contribution in [3.8, 4) is 0 Å². The first-order chi connectivity index (χ1) is 15.3. The molecule has 0 saturated carbocycles. The number of benzene rings is 1. The number of thiazole rings is 1. The number of furan rings is 1. The van der Waals surface area contributed by atoms with Crippen LogP contribution in [0.15, 0.2) is 60.6 Å². The van der Waals surface area contributed by atoms with Crippen molar-refractivity contribution in [2.75, 3.05) is 6.61 Å². The minimum absolute atomic E-state index is 0.0960. The number of allylic oxidation sites excluding steroid dienone is 1. The van der Waals surface area contributed by atoms with Crippen molar-refractivity contribution >= 4 is 50.9 Å². The minimum Gasteiger partial charge on any atom is -0.463 e. The average molecular weight is 518 g/mol. The molecule has 0 bridgehead atoms. The summed E-state index contributed by atoms with van der Waals surface area (Å²) >= 11 is 4.54. The molecule has 4 rings (SSSR count). The normalized spacial score (nSPS) is 16.0. The second kappa shape index (κ2) is 8.67. The molecule has 11 heteroatoms. The largest absolute Gasteiger partial charge is 0.463 e. The Morgan fingerprint density at radius 3 is 2.69 bits per heavy atom. The van der Waals surface area contributed by atoms with E-state index in [0.717, 1.165) is 21.4 Å². The predicted octanol–water partition coefficient (Wildman–Crippen LogP) is 3.17. The van der Waals surface area contributed by atoms with E-state index in [9.17, 15) is 19.7 Å². The Morgan fingerprint density at radius 1 is 1.34 bits per heavy atom. The van der Waals surface area contributed by atoms with E-state index >= 15 is 0 Å². The van der Waals surface area contributed by atoms with Crippen LogP contribution < -0.4 is 14.9 Å². The lowest BCUT2D eigenvalue weighted by atomic mass is 10.0. The molecule has 1 aliphatic heterocycles. The van der Waals surface area contributed by atoms with Crippen molar-refractivity contribution in [1.82, 2.24) is 4.57 Å². The molecule has 0 aliphatic carbocycles. The monoisotopic (exact) mass is 517 g/mol. The Balaban J connectivity index is 1.92. The van der Waals surface area contributed by atoms with Gasteiger partial charge in [-0.05, 0) is 43.7 Å². The summed E-state index contributed by atoms with van der Waals surface area (Å²) in [5, 5.41) is 11.0. The molecule has 164 valence electrons. The number of halogens is 1. The number of nitrogens with zero attached hydrogens (tertiary/aromatic N) is 3. The van der Waals surface area contributed by atoms with Gasteiger partial charge in [0.05, 0.1) is 22.8 Å². The van der Waals surface area contributed by atoms with E-state index in [4.69, 9.17) is 9.15 Å². The van der Waals surface area contributed by atoms with Crippen molar-refractivity contribution < 1.29 is 18.9 Å². The van der Waals surface area contributed by atoms with Crippen LogP contribution in [0.1, 0.15) is 31.2 Å². The van der Waals surface area contributed by atoms with Gasteiger partial charge in [0.25, 0.3) is 5.56 Å². The lowest BCUT2D eigenvalue weighted by Gasteiger charge is -2.20. The predicted molar refractivity (Wildman–Crippen MR) is 121 cm³/mol. The van der Waals surface area contributed by atoms with Gasteiger partial charge in [0, 0.05) is 10.2 Å². The molecule has 1 aliphatic rings. The van der Waals surface area contributed by atoms with E-state index in [2.05, 4.69) is 20.9 Å². The van der Waals surface area contributed by atoms with Crippen LogP contribution in [0.4, 0.5) is 5.88 Å². The van der Waals surface area contributed by atoms with E-state index in [1.165, 1.54) is 16.7 Å². The highest BCUT2D eigenvalue weighted by atomic mass is 79.9. The number of carbonyl (C=O) groups is 1. The van der Waals surface area contributed by atoms with Crippen LogP contribution in [0.5, 0.6) is 0 Å². The maximum absolute atomic E-state index is 13.1. The lowest BCUT2D eigenvalue weighted by Crippen LogP contribution is -2.35. The molecule has 0 unspecified atom stereocenters. The summed E-state index contributed by atoms with van der Waals surface area (Å²) in [6, 6.07) is 9.08. The van der Waals surface area contributed by atoms with E-state index < -0.39 is 22.8 Å². The SMILES string of the molecule is CCOC(=O)C1=C(C)n2c(s/c(=C\c3ccc(Br)cc3)c2=O)=N[C@@H]1c1ccc([N+](=O)[O-])o1. The molecule has 1 aromatic carbocycles. The maximum Gasteiger partial charge on any atom is 0.433 e. The average Bonchev–Trinajstić information content (AvgIpc) is 3.35. The number of rotatable bonds is 5. The first-order valence-corrected chi connectivity index (χ1v) is 11.1. The third-order valence-electron chi connectivity index (χ3n) is 4.77.